The van der Waals surface area contributed by atoms with Crippen molar-refractivity contribution < 1.29 is 0 Å². The molecule has 108 valence electrons. The van der Waals surface area contributed by atoms with E-state index in [-0.39, 0.29) is 0 Å². The van der Waals surface area contributed by atoms with Crippen LogP contribution in [0.25, 0.3) is 11.0 Å². The van der Waals surface area contributed by atoms with Gasteiger partial charge in [0.15, 0.2) is 0 Å². The number of hydrogen-bond donors (Lipinski definition) is 1. The van der Waals surface area contributed by atoms with Crippen molar-refractivity contribution in [3.05, 3.63) is 29.6 Å². The summed E-state index contributed by atoms with van der Waals surface area (Å²) in [4.78, 5) is 4.93. The van der Waals surface area contributed by atoms with Gasteiger partial charge < -0.3 is 10.3 Å². The van der Waals surface area contributed by atoms with Gasteiger partial charge in [-0.1, -0.05) is 25.8 Å². The Kier molecular flexibility index (Phi) is 3.79. The van der Waals surface area contributed by atoms with E-state index in [0.29, 0.717) is 11.8 Å². The molecule has 1 atom stereocenters. The van der Waals surface area contributed by atoms with Crippen molar-refractivity contribution in [2.24, 2.45) is 12.8 Å². The third-order valence-corrected chi connectivity index (χ3v) is 4.83. The van der Waals surface area contributed by atoms with Gasteiger partial charge in [-0.15, -0.1) is 0 Å². The van der Waals surface area contributed by atoms with Crippen LogP contribution in [0, 0.1) is 0 Å². The number of benzene rings is 1. The Morgan fingerprint density at radius 3 is 2.80 bits per heavy atom. The van der Waals surface area contributed by atoms with Crippen molar-refractivity contribution in [3.63, 3.8) is 0 Å². The van der Waals surface area contributed by atoms with Crippen LogP contribution in [-0.4, -0.2) is 16.1 Å². The van der Waals surface area contributed by atoms with E-state index in [1.165, 1.54) is 42.6 Å². The summed E-state index contributed by atoms with van der Waals surface area (Å²) in [5.74, 6) is 2.46. The topological polar surface area (TPSA) is 43.8 Å². The lowest BCUT2D eigenvalue weighted by molar-refractivity contribution is 0.639. The van der Waals surface area contributed by atoms with Gasteiger partial charge in [0, 0.05) is 13.0 Å². The summed E-state index contributed by atoms with van der Waals surface area (Å²) in [6.45, 7) is 2.99. The van der Waals surface area contributed by atoms with Gasteiger partial charge in [-0.25, -0.2) is 4.98 Å². The smallest absolute Gasteiger partial charge is 0.112 e. The third kappa shape index (κ3) is 2.35. The van der Waals surface area contributed by atoms with Crippen LogP contribution in [-0.2, 0) is 7.05 Å². The van der Waals surface area contributed by atoms with E-state index in [4.69, 9.17) is 10.7 Å². The lowest BCUT2D eigenvalue weighted by Crippen LogP contribution is -2.04. The number of nitrogens with zero attached hydrogens (tertiary/aromatic N) is 2. The van der Waals surface area contributed by atoms with E-state index in [9.17, 15) is 0 Å². The second kappa shape index (κ2) is 5.57. The van der Waals surface area contributed by atoms with Crippen LogP contribution in [0.3, 0.4) is 0 Å². The monoisotopic (exact) mass is 271 g/mol. The standard InChI is InChI=1S/C17H25N3/c1-12(9-10-18)14-7-8-16-15(11-14)19-17(20(16)2)13-5-3-4-6-13/h7-8,11-13H,3-6,9-10,18H2,1-2H3. The zero-order valence-corrected chi connectivity index (χ0v) is 12.6. The molecule has 1 aliphatic carbocycles. The molecule has 0 amide bonds. The summed E-state index contributed by atoms with van der Waals surface area (Å²) in [6.07, 6.45) is 6.34. The lowest BCUT2D eigenvalue weighted by atomic mass is 9.97. The predicted molar refractivity (Wildman–Crippen MR) is 84.0 cm³/mol. The molecule has 2 N–H and O–H groups in total. The quantitative estimate of drug-likeness (QED) is 0.921. The fraction of sp³-hybridized carbons (Fsp3) is 0.588. The largest absolute Gasteiger partial charge is 0.331 e. The van der Waals surface area contributed by atoms with Crippen LogP contribution in [0.4, 0.5) is 0 Å². The van der Waals surface area contributed by atoms with Gasteiger partial charge in [-0.05, 0) is 49.4 Å². The summed E-state index contributed by atoms with van der Waals surface area (Å²) in [5, 5.41) is 0. The van der Waals surface area contributed by atoms with E-state index < -0.39 is 0 Å². The fourth-order valence-electron chi connectivity index (χ4n) is 3.51. The molecule has 0 bridgehead atoms. The average molecular weight is 271 g/mol. The number of hydrogen-bond acceptors (Lipinski definition) is 2. The van der Waals surface area contributed by atoms with Crippen molar-refractivity contribution in [2.75, 3.05) is 6.54 Å². The molecule has 0 saturated heterocycles. The summed E-state index contributed by atoms with van der Waals surface area (Å²) in [5.41, 5.74) is 9.44. The molecule has 3 heteroatoms. The average Bonchev–Trinajstić information content (AvgIpc) is 3.07. The Morgan fingerprint density at radius 1 is 1.35 bits per heavy atom. The van der Waals surface area contributed by atoms with E-state index in [2.05, 4.69) is 36.7 Å². The highest BCUT2D eigenvalue weighted by atomic mass is 15.1. The van der Waals surface area contributed by atoms with Crippen molar-refractivity contribution in [3.8, 4) is 0 Å². The highest BCUT2D eigenvalue weighted by Gasteiger charge is 2.22. The normalized spacial score (nSPS) is 17.9. The summed E-state index contributed by atoms with van der Waals surface area (Å²) < 4.78 is 2.29. The number of aryl methyl sites for hydroxylation is 1. The van der Waals surface area contributed by atoms with E-state index >= 15 is 0 Å². The number of fused-ring (bicyclic) bond motifs is 1. The minimum Gasteiger partial charge on any atom is -0.331 e. The third-order valence-electron chi connectivity index (χ3n) is 4.83. The van der Waals surface area contributed by atoms with Crippen molar-refractivity contribution in [1.29, 1.82) is 0 Å². The first kappa shape index (κ1) is 13.6. The SMILES string of the molecule is CC(CCN)c1ccc2c(c1)nc(C1CCCC1)n2C. The number of imidazole rings is 1. The Bertz CT molecular complexity index is 594. The molecular formula is C17H25N3. The number of nitrogens with two attached hydrogens (primary N) is 1. The minimum atomic E-state index is 0.515. The Hall–Kier alpha value is -1.35. The zero-order valence-electron chi connectivity index (χ0n) is 12.6. The molecule has 1 aliphatic rings. The Balaban J connectivity index is 1.98. The molecule has 20 heavy (non-hydrogen) atoms. The first-order valence-corrected chi connectivity index (χ1v) is 7.87. The highest BCUT2D eigenvalue weighted by Crippen LogP contribution is 2.35. The maximum Gasteiger partial charge on any atom is 0.112 e. The number of aromatic nitrogens is 2. The van der Waals surface area contributed by atoms with Gasteiger partial charge in [0.25, 0.3) is 0 Å². The van der Waals surface area contributed by atoms with Crippen LogP contribution >= 0.6 is 0 Å². The van der Waals surface area contributed by atoms with Crippen LogP contribution < -0.4 is 5.73 Å². The maximum absolute atomic E-state index is 5.67. The van der Waals surface area contributed by atoms with Crippen LogP contribution in [0.15, 0.2) is 18.2 Å². The first-order valence-electron chi connectivity index (χ1n) is 7.87. The van der Waals surface area contributed by atoms with Crippen molar-refractivity contribution in [2.45, 2.75) is 50.9 Å². The molecule has 1 fully saturated rings. The van der Waals surface area contributed by atoms with Gasteiger partial charge in [-0.2, -0.15) is 0 Å². The fourth-order valence-corrected chi connectivity index (χ4v) is 3.51. The molecule has 1 aromatic carbocycles. The predicted octanol–water partition coefficient (Wildman–Crippen LogP) is 3.68. The maximum atomic E-state index is 5.67. The molecule has 1 unspecified atom stereocenters. The van der Waals surface area contributed by atoms with E-state index in [1.807, 2.05) is 0 Å². The van der Waals surface area contributed by atoms with Gasteiger partial charge in [0.1, 0.15) is 5.82 Å². The van der Waals surface area contributed by atoms with Crippen LogP contribution in [0.1, 0.15) is 62.3 Å². The lowest BCUT2D eigenvalue weighted by Gasteiger charge is -2.10. The van der Waals surface area contributed by atoms with E-state index in [1.54, 1.807) is 0 Å². The molecule has 0 spiro atoms. The summed E-state index contributed by atoms with van der Waals surface area (Å²) >= 11 is 0. The second-order valence-corrected chi connectivity index (χ2v) is 6.24. The summed E-state index contributed by atoms with van der Waals surface area (Å²) in [7, 11) is 2.16. The van der Waals surface area contributed by atoms with Gasteiger partial charge in [-0.3, -0.25) is 0 Å². The Labute approximate surface area is 121 Å². The molecule has 1 saturated carbocycles. The molecule has 3 nitrogen and oxygen atoms in total. The second-order valence-electron chi connectivity index (χ2n) is 6.24. The van der Waals surface area contributed by atoms with Gasteiger partial charge >= 0.3 is 0 Å². The van der Waals surface area contributed by atoms with Crippen molar-refractivity contribution in [1.82, 2.24) is 9.55 Å². The molecule has 2 aromatic rings. The van der Waals surface area contributed by atoms with Crippen molar-refractivity contribution >= 4 is 11.0 Å². The number of rotatable bonds is 4. The first-order chi connectivity index (χ1) is 9.70. The molecule has 1 aromatic heterocycles. The van der Waals surface area contributed by atoms with Gasteiger partial charge in [0.05, 0.1) is 11.0 Å². The molecule has 0 radical (unpaired) electrons. The highest BCUT2D eigenvalue weighted by molar-refractivity contribution is 5.77. The van der Waals surface area contributed by atoms with E-state index in [0.717, 1.165) is 18.5 Å². The molecular weight excluding hydrogens is 246 g/mol. The minimum absolute atomic E-state index is 0.515. The zero-order chi connectivity index (χ0) is 14.1. The van der Waals surface area contributed by atoms with Crippen LogP contribution in [0.5, 0.6) is 0 Å². The molecule has 3 rings (SSSR count). The Morgan fingerprint density at radius 2 is 2.10 bits per heavy atom. The molecule has 0 aliphatic heterocycles. The van der Waals surface area contributed by atoms with Gasteiger partial charge in [0.2, 0.25) is 0 Å². The summed E-state index contributed by atoms with van der Waals surface area (Å²) in [6, 6.07) is 6.72. The van der Waals surface area contributed by atoms with Crippen LogP contribution in [0.2, 0.25) is 0 Å². The molecule has 1 heterocycles.